The number of aliphatic imine (C=N–C) groups is 1. The number of thiazole rings is 1. The summed E-state index contributed by atoms with van der Waals surface area (Å²) in [4.78, 5) is 10.2. The Morgan fingerprint density at radius 3 is 3.00 bits per heavy atom. The van der Waals surface area contributed by atoms with Crippen molar-refractivity contribution in [2.24, 2.45) is 4.99 Å². The molecule has 1 aromatic carbocycles. The molecule has 1 aliphatic heterocycles. The normalized spacial score (nSPS) is 14.5. The van der Waals surface area contributed by atoms with Crippen LogP contribution < -0.4 is 10.6 Å². The molecule has 2 N–H and O–H groups in total. The van der Waals surface area contributed by atoms with Crippen molar-refractivity contribution in [3.05, 3.63) is 41.4 Å². The Balaban J connectivity index is 1.55. The van der Waals surface area contributed by atoms with Crippen LogP contribution in [0.15, 0.2) is 45.6 Å². The van der Waals surface area contributed by atoms with Gasteiger partial charge in [-0.2, -0.15) is 0 Å². The van der Waals surface area contributed by atoms with Crippen LogP contribution in [0.25, 0.3) is 0 Å². The van der Waals surface area contributed by atoms with E-state index in [2.05, 4.69) is 50.3 Å². The van der Waals surface area contributed by atoms with Gasteiger partial charge in [-0.1, -0.05) is 18.2 Å². The van der Waals surface area contributed by atoms with E-state index >= 15 is 0 Å². The fourth-order valence-corrected chi connectivity index (χ4v) is 3.45. The Hall–Kier alpha value is -1.53. The highest BCUT2D eigenvalue weighted by Gasteiger charge is 2.07. The maximum Gasteiger partial charge on any atom is 0.197 e. The fraction of sp³-hybridized carbons (Fsp3) is 0.286. The van der Waals surface area contributed by atoms with Crippen LogP contribution in [0, 0.1) is 0 Å². The van der Waals surface area contributed by atoms with Gasteiger partial charge >= 0.3 is 0 Å². The highest BCUT2D eigenvalue weighted by atomic mass is 32.2. The first-order chi connectivity index (χ1) is 9.90. The molecule has 20 heavy (non-hydrogen) atoms. The predicted octanol–water partition coefficient (Wildman–Crippen LogP) is 3.20. The summed E-state index contributed by atoms with van der Waals surface area (Å²) in [5.74, 6) is 1.73. The summed E-state index contributed by atoms with van der Waals surface area (Å²) in [5.41, 5.74) is 1.10. The van der Waals surface area contributed by atoms with Crippen molar-refractivity contribution in [3.63, 3.8) is 0 Å². The van der Waals surface area contributed by atoms with Crippen LogP contribution in [0.5, 0.6) is 0 Å². The molecule has 0 saturated carbocycles. The van der Waals surface area contributed by atoms with Gasteiger partial charge in [0.2, 0.25) is 0 Å². The molecule has 6 heteroatoms. The van der Waals surface area contributed by atoms with Crippen LogP contribution in [-0.4, -0.2) is 24.0 Å². The van der Waals surface area contributed by atoms with Crippen LogP contribution in [-0.2, 0) is 5.75 Å². The zero-order valence-electron chi connectivity index (χ0n) is 11.0. The molecule has 0 unspecified atom stereocenters. The van der Waals surface area contributed by atoms with Crippen LogP contribution >= 0.6 is 23.1 Å². The molecule has 0 saturated heterocycles. The van der Waals surface area contributed by atoms with E-state index in [0.29, 0.717) is 0 Å². The third kappa shape index (κ3) is 3.74. The van der Waals surface area contributed by atoms with Crippen LogP contribution in [0.2, 0.25) is 0 Å². The van der Waals surface area contributed by atoms with Crippen molar-refractivity contribution < 1.29 is 0 Å². The lowest BCUT2D eigenvalue weighted by Gasteiger charge is -2.14. The molecule has 0 fully saturated rings. The second kappa shape index (κ2) is 6.76. The number of guanidine groups is 1. The van der Waals surface area contributed by atoms with E-state index in [0.717, 1.165) is 42.0 Å². The van der Waals surface area contributed by atoms with Gasteiger partial charge in [0.05, 0.1) is 5.69 Å². The summed E-state index contributed by atoms with van der Waals surface area (Å²) in [6.45, 7) is 1.87. The summed E-state index contributed by atoms with van der Waals surface area (Å²) in [7, 11) is 0. The Bertz CT molecular complexity index is 580. The number of nitrogens with zero attached hydrogens (tertiary/aromatic N) is 2. The summed E-state index contributed by atoms with van der Waals surface area (Å²) < 4.78 is 0. The summed E-state index contributed by atoms with van der Waals surface area (Å²) in [6.07, 6.45) is 1.10. The lowest BCUT2D eigenvalue weighted by atomic mass is 10.4. The van der Waals surface area contributed by atoms with Gasteiger partial charge in [0, 0.05) is 29.1 Å². The topological polar surface area (TPSA) is 49.3 Å². The van der Waals surface area contributed by atoms with E-state index < -0.39 is 0 Å². The van der Waals surface area contributed by atoms with Crippen LogP contribution in [0.1, 0.15) is 12.1 Å². The van der Waals surface area contributed by atoms with Crippen LogP contribution in [0.4, 0.5) is 5.13 Å². The summed E-state index contributed by atoms with van der Waals surface area (Å²) in [6, 6.07) is 10.4. The zero-order chi connectivity index (χ0) is 13.6. The first-order valence-electron chi connectivity index (χ1n) is 6.58. The van der Waals surface area contributed by atoms with Gasteiger partial charge in [-0.05, 0) is 18.6 Å². The molecule has 0 bridgehead atoms. The second-order valence-corrected chi connectivity index (χ2v) is 6.29. The molecular formula is C14H16N4S2. The monoisotopic (exact) mass is 304 g/mol. The lowest BCUT2D eigenvalue weighted by Crippen LogP contribution is -2.35. The molecule has 0 amide bonds. The third-order valence-electron chi connectivity index (χ3n) is 2.80. The smallest absolute Gasteiger partial charge is 0.197 e. The van der Waals surface area contributed by atoms with Gasteiger partial charge in [0.1, 0.15) is 0 Å². The fourth-order valence-electron chi connectivity index (χ4n) is 1.82. The standard InChI is InChI=1S/C14H16N4S2/c1-2-5-12(6-3-1)19-9-11-10-20-14(17-11)18-13-15-7-4-8-16-13/h1-3,5-6,10H,4,7-9H2,(H2,15,16,17,18). The van der Waals surface area contributed by atoms with Gasteiger partial charge in [-0.3, -0.25) is 4.99 Å². The average Bonchev–Trinajstić information content (AvgIpc) is 2.95. The van der Waals surface area contributed by atoms with Gasteiger partial charge in [0.25, 0.3) is 0 Å². The van der Waals surface area contributed by atoms with Gasteiger partial charge in [-0.15, -0.1) is 23.1 Å². The largest absolute Gasteiger partial charge is 0.356 e. The van der Waals surface area contributed by atoms with Crippen molar-refractivity contribution in [3.8, 4) is 0 Å². The molecule has 1 aliphatic rings. The van der Waals surface area contributed by atoms with Crippen molar-refractivity contribution in [2.45, 2.75) is 17.1 Å². The number of aromatic nitrogens is 1. The van der Waals surface area contributed by atoms with E-state index in [9.17, 15) is 0 Å². The van der Waals surface area contributed by atoms with E-state index in [1.807, 2.05) is 6.07 Å². The SMILES string of the molecule is c1ccc(SCc2csc(NC3=NCCCN3)n2)cc1. The van der Waals surface area contributed by atoms with E-state index in [1.165, 1.54) is 4.90 Å². The molecular weight excluding hydrogens is 288 g/mol. The minimum absolute atomic E-state index is 0.841. The molecule has 0 aliphatic carbocycles. The third-order valence-corrected chi connectivity index (χ3v) is 4.66. The number of anilines is 1. The van der Waals surface area contributed by atoms with Gasteiger partial charge in [-0.25, -0.2) is 4.98 Å². The molecule has 1 aromatic heterocycles. The maximum absolute atomic E-state index is 4.59. The molecule has 104 valence electrons. The number of rotatable bonds is 4. The number of hydrogen-bond acceptors (Lipinski definition) is 6. The minimum Gasteiger partial charge on any atom is -0.356 e. The molecule has 2 heterocycles. The van der Waals surface area contributed by atoms with Gasteiger partial charge < -0.3 is 10.6 Å². The molecule has 0 atom stereocenters. The number of thioether (sulfide) groups is 1. The molecule has 0 radical (unpaired) electrons. The quantitative estimate of drug-likeness (QED) is 0.852. The summed E-state index contributed by atoms with van der Waals surface area (Å²) in [5, 5.41) is 9.47. The highest BCUT2D eigenvalue weighted by Crippen LogP contribution is 2.24. The zero-order valence-corrected chi connectivity index (χ0v) is 12.6. The highest BCUT2D eigenvalue weighted by molar-refractivity contribution is 7.98. The Morgan fingerprint density at radius 1 is 1.30 bits per heavy atom. The predicted molar refractivity (Wildman–Crippen MR) is 86.7 cm³/mol. The van der Waals surface area contributed by atoms with E-state index in [-0.39, 0.29) is 0 Å². The van der Waals surface area contributed by atoms with Crippen molar-refractivity contribution in [2.75, 3.05) is 18.4 Å². The molecule has 3 rings (SSSR count). The average molecular weight is 304 g/mol. The molecule has 0 spiro atoms. The van der Waals surface area contributed by atoms with E-state index in [4.69, 9.17) is 0 Å². The Labute approximate surface area is 126 Å². The minimum atomic E-state index is 0.841. The van der Waals surface area contributed by atoms with Crippen LogP contribution in [0.3, 0.4) is 0 Å². The van der Waals surface area contributed by atoms with Crippen molar-refractivity contribution in [1.82, 2.24) is 10.3 Å². The Kier molecular flexibility index (Phi) is 4.55. The van der Waals surface area contributed by atoms with Crippen molar-refractivity contribution >= 4 is 34.2 Å². The number of hydrogen-bond donors (Lipinski definition) is 2. The Morgan fingerprint density at radius 2 is 2.20 bits per heavy atom. The molecule has 2 aromatic rings. The second-order valence-electron chi connectivity index (χ2n) is 4.38. The first-order valence-corrected chi connectivity index (χ1v) is 8.44. The summed E-state index contributed by atoms with van der Waals surface area (Å²) >= 11 is 3.43. The number of nitrogens with one attached hydrogen (secondary N) is 2. The maximum atomic E-state index is 4.59. The molecule has 4 nitrogen and oxygen atoms in total. The lowest BCUT2D eigenvalue weighted by molar-refractivity contribution is 0.740. The number of benzene rings is 1. The van der Waals surface area contributed by atoms with Gasteiger partial charge in [0.15, 0.2) is 11.1 Å². The van der Waals surface area contributed by atoms with E-state index in [1.54, 1.807) is 23.1 Å². The first kappa shape index (κ1) is 13.5. The van der Waals surface area contributed by atoms with Crippen molar-refractivity contribution in [1.29, 1.82) is 0 Å².